The van der Waals surface area contributed by atoms with Crippen molar-refractivity contribution in [3.05, 3.63) is 41.7 Å². The van der Waals surface area contributed by atoms with Crippen LogP contribution in [0.1, 0.15) is 15.9 Å². The third kappa shape index (κ3) is 1.31. The van der Waals surface area contributed by atoms with Crippen LogP contribution in [-0.2, 0) is 0 Å². The zero-order chi connectivity index (χ0) is 9.97. The maximum atomic E-state index is 10.9. The van der Waals surface area contributed by atoms with Gasteiger partial charge in [-0.3, -0.25) is 4.79 Å². The fraction of sp³-hybridized carbons (Fsp3) is 0.100. The number of aryl methyl sites for hydroxylation is 1. The van der Waals surface area contributed by atoms with Crippen LogP contribution in [0.2, 0.25) is 0 Å². The molecule has 0 bridgehead atoms. The largest absolute Gasteiger partial charge is 0.298 e. The summed E-state index contributed by atoms with van der Waals surface area (Å²) in [6.07, 6.45) is 3.99. The van der Waals surface area contributed by atoms with Gasteiger partial charge < -0.3 is 0 Å². The van der Waals surface area contributed by atoms with Crippen LogP contribution in [0, 0.1) is 6.92 Å². The molecule has 0 unspecified atom stereocenters. The van der Waals surface area contributed by atoms with Gasteiger partial charge in [0.15, 0.2) is 6.29 Å². The Morgan fingerprint density at radius 1 is 1.29 bits per heavy atom. The van der Waals surface area contributed by atoms with E-state index >= 15 is 0 Å². The van der Waals surface area contributed by atoms with Gasteiger partial charge in [0.05, 0.1) is 18.1 Å². The first-order valence-corrected chi connectivity index (χ1v) is 4.24. The van der Waals surface area contributed by atoms with Crippen molar-refractivity contribution in [1.29, 1.82) is 0 Å². The minimum absolute atomic E-state index is 0.628. The summed E-state index contributed by atoms with van der Waals surface area (Å²) in [5.41, 5.74) is 2.27. The third-order valence-electron chi connectivity index (χ3n) is 2.05. The van der Waals surface area contributed by atoms with Crippen LogP contribution < -0.4 is 0 Å². The van der Waals surface area contributed by atoms with E-state index in [2.05, 4.69) is 10.2 Å². The second-order valence-electron chi connectivity index (χ2n) is 2.94. The van der Waals surface area contributed by atoms with Crippen LogP contribution >= 0.6 is 0 Å². The van der Waals surface area contributed by atoms with Gasteiger partial charge in [-0.05, 0) is 18.6 Å². The molecule has 0 aliphatic rings. The highest BCUT2D eigenvalue weighted by atomic mass is 16.1. The predicted octanol–water partition coefficient (Wildman–Crippen LogP) is 1.39. The summed E-state index contributed by atoms with van der Waals surface area (Å²) in [4.78, 5) is 12.3. The van der Waals surface area contributed by atoms with Crippen molar-refractivity contribution in [2.75, 3.05) is 0 Å². The first-order valence-electron chi connectivity index (χ1n) is 4.24. The van der Waals surface area contributed by atoms with Crippen molar-refractivity contribution >= 4 is 6.29 Å². The second kappa shape index (κ2) is 3.41. The van der Waals surface area contributed by atoms with Gasteiger partial charge in [0.25, 0.3) is 0 Å². The minimum Gasteiger partial charge on any atom is -0.298 e. The number of aldehydes is 1. The van der Waals surface area contributed by atoms with Crippen LogP contribution in [0.4, 0.5) is 0 Å². The SMILES string of the molecule is Cc1cccc(-n2nccn2)c1C=O. The molecule has 70 valence electrons. The van der Waals surface area contributed by atoms with E-state index in [4.69, 9.17) is 0 Å². The van der Waals surface area contributed by atoms with Gasteiger partial charge in [-0.25, -0.2) is 0 Å². The first kappa shape index (κ1) is 8.62. The van der Waals surface area contributed by atoms with Crippen LogP contribution in [-0.4, -0.2) is 21.3 Å². The number of aromatic nitrogens is 3. The van der Waals surface area contributed by atoms with Gasteiger partial charge >= 0.3 is 0 Å². The summed E-state index contributed by atoms with van der Waals surface area (Å²) in [5.74, 6) is 0. The Labute approximate surface area is 81.2 Å². The summed E-state index contributed by atoms with van der Waals surface area (Å²) in [7, 11) is 0. The Bertz CT molecular complexity index is 448. The lowest BCUT2D eigenvalue weighted by Crippen LogP contribution is -2.03. The van der Waals surface area contributed by atoms with E-state index < -0.39 is 0 Å². The molecule has 0 spiro atoms. The lowest BCUT2D eigenvalue weighted by atomic mass is 10.1. The molecular formula is C10H9N3O. The topological polar surface area (TPSA) is 47.8 Å². The predicted molar refractivity (Wildman–Crippen MR) is 51.5 cm³/mol. The lowest BCUT2D eigenvalue weighted by molar-refractivity contribution is 0.112. The summed E-state index contributed by atoms with van der Waals surface area (Å²) in [6.45, 7) is 1.89. The average molecular weight is 187 g/mol. The zero-order valence-corrected chi connectivity index (χ0v) is 7.71. The van der Waals surface area contributed by atoms with Crippen LogP contribution in [0.5, 0.6) is 0 Å². The molecule has 14 heavy (non-hydrogen) atoms. The zero-order valence-electron chi connectivity index (χ0n) is 7.71. The Morgan fingerprint density at radius 2 is 2.00 bits per heavy atom. The molecule has 0 fully saturated rings. The third-order valence-corrected chi connectivity index (χ3v) is 2.05. The van der Waals surface area contributed by atoms with Gasteiger partial charge in [0.1, 0.15) is 0 Å². The molecule has 0 N–H and O–H groups in total. The van der Waals surface area contributed by atoms with E-state index in [-0.39, 0.29) is 0 Å². The van der Waals surface area contributed by atoms with E-state index in [1.165, 1.54) is 4.80 Å². The smallest absolute Gasteiger partial charge is 0.152 e. The molecular weight excluding hydrogens is 178 g/mol. The van der Waals surface area contributed by atoms with Crippen molar-refractivity contribution in [3.63, 3.8) is 0 Å². The van der Waals surface area contributed by atoms with E-state index in [1.54, 1.807) is 12.4 Å². The second-order valence-corrected chi connectivity index (χ2v) is 2.94. The molecule has 0 aliphatic heterocycles. The number of carbonyl (C=O) groups is 1. The van der Waals surface area contributed by atoms with E-state index in [0.29, 0.717) is 11.3 Å². The molecule has 0 saturated heterocycles. The van der Waals surface area contributed by atoms with Crippen molar-refractivity contribution in [1.82, 2.24) is 15.0 Å². The fourth-order valence-corrected chi connectivity index (χ4v) is 1.33. The summed E-state index contributed by atoms with van der Waals surface area (Å²) in [5, 5.41) is 7.97. The van der Waals surface area contributed by atoms with Gasteiger partial charge in [-0.2, -0.15) is 15.0 Å². The number of benzene rings is 1. The Kier molecular flexibility index (Phi) is 2.10. The number of nitrogens with zero attached hydrogens (tertiary/aromatic N) is 3. The molecule has 2 aromatic rings. The standard InChI is InChI=1S/C10H9N3O/c1-8-3-2-4-10(9(8)7-14)13-11-5-6-12-13/h2-7H,1H3. The maximum absolute atomic E-state index is 10.9. The van der Waals surface area contributed by atoms with Crippen LogP contribution in [0.25, 0.3) is 5.69 Å². The van der Waals surface area contributed by atoms with E-state index in [0.717, 1.165) is 11.8 Å². The first-order chi connectivity index (χ1) is 6.83. The molecule has 1 aromatic carbocycles. The quantitative estimate of drug-likeness (QED) is 0.667. The fourth-order valence-electron chi connectivity index (χ4n) is 1.33. The Morgan fingerprint density at radius 3 is 2.64 bits per heavy atom. The van der Waals surface area contributed by atoms with Crippen molar-refractivity contribution in [2.45, 2.75) is 6.92 Å². The minimum atomic E-state index is 0.628. The lowest BCUT2D eigenvalue weighted by Gasteiger charge is -2.05. The van der Waals surface area contributed by atoms with Gasteiger partial charge in [0.2, 0.25) is 0 Å². The van der Waals surface area contributed by atoms with Crippen molar-refractivity contribution < 1.29 is 4.79 Å². The summed E-state index contributed by atoms with van der Waals surface area (Å²) < 4.78 is 0. The highest BCUT2D eigenvalue weighted by Crippen LogP contribution is 2.14. The van der Waals surface area contributed by atoms with E-state index in [1.807, 2.05) is 25.1 Å². The van der Waals surface area contributed by atoms with Gasteiger partial charge in [0, 0.05) is 5.56 Å². The molecule has 0 atom stereocenters. The molecule has 0 amide bonds. The van der Waals surface area contributed by atoms with Crippen LogP contribution in [0.3, 0.4) is 0 Å². The normalized spacial score (nSPS) is 10.1. The molecule has 1 heterocycles. The van der Waals surface area contributed by atoms with E-state index in [9.17, 15) is 4.79 Å². The highest BCUT2D eigenvalue weighted by molar-refractivity contribution is 5.82. The maximum Gasteiger partial charge on any atom is 0.152 e. The number of hydrogen-bond acceptors (Lipinski definition) is 3. The number of hydrogen-bond donors (Lipinski definition) is 0. The summed E-state index contributed by atoms with van der Waals surface area (Å²) in [6, 6.07) is 5.58. The Balaban J connectivity index is 2.64. The molecule has 0 aliphatic carbocycles. The molecule has 1 aromatic heterocycles. The monoisotopic (exact) mass is 187 g/mol. The van der Waals surface area contributed by atoms with Crippen molar-refractivity contribution in [2.24, 2.45) is 0 Å². The molecule has 2 rings (SSSR count). The average Bonchev–Trinajstić information content (AvgIpc) is 2.70. The molecule has 0 radical (unpaired) electrons. The summed E-state index contributed by atoms with van der Waals surface area (Å²) >= 11 is 0. The highest BCUT2D eigenvalue weighted by Gasteiger charge is 2.06. The van der Waals surface area contributed by atoms with Crippen LogP contribution in [0.15, 0.2) is 30.6 Å². The molecule has 4 heteroatoms. The number of carbonyl (C=O) groups excluding carboxylic acids is 1. The number of rotatable bonds is 2. The molecule has 0 saturated carbocycles. The Hall–Kier alpha value is -1.97. The van der Waals surface area contributed by atoms with Gasteiger partial charge in [-0.15, -0.1) is 0 Å². The van der Waals surface area contributed by atoms with Gasteiger partial charge in [-0.1, -0.05) is 12.1 Å². The van der Waals surface area contributed by atoms with Crippen molar-refractivity contribution in [3.8, 4) is 5.69 Å². The molecule has 4 nitrogen and oxygen atoms in total.